The lowest BCUT2D eigenvalue weighted by atomic mass is 10.1. The van der Waals surface area contributed by atoms with Gasteiger partial charge in [-0.1, -0.05) is 24.9 Å². The Bertz CT molecular complexity index is 465. The largest absolute Gasteiger partial charge is 0.480 e. The fourth-order valence-electron chi connectivity index (χ4n) is 1.43. The second kappa shape index (κ2) is 6.75. The minimum atomic E-state index is -1.03. The third-order valence-electron chi connectivity index (χ3n) is 2.36. The number of carboxylic acids is 1. The number of hydrogen-bond acceptors (Lipinski definition) is 2. The first-order valence-electron chi connectivity index (χ1n) is 5.44. The van der Waals surface area contributed by atoms with Crippen molar-refractivity contribution >= 4 is 39.4 Å². The smallest absolute Gasteiger partial charge is 0.326 e. The predicted molar refractivity (Wildman–Crippen MR) is 73.0 cm³/mol. The average molecular weight is 335 g/mol. The van der Waals surface area contributed by atoms with Gasteiger partial charge in [0.15, 0.2) is 0 Å². The zero-order valence-electron chi connectivity index (χ0n) is 9.74. The van der Waals surface area contributed by atoms with E-state index in [1.54, 1.807) is 12.1 Å². The van der Waals surface area contributed by atoms with E-state index in [9.17, 15) is 9.59 Å². The van der Waals surface area contributed by atoms with Crippen molar-refractivity contribution in [3.8, 4) is 0 Å². The molecule has 1 aromatic carbocycles. The number of amides is 1. The van der Waals surface area contributed by atoms with Crippen LogP contribution in [0.3, 0.4) is 0 Å². The third-order valence-corrected chi connectivity index (χ3v) is 3.60. The minimum absolute atomic E-state index is 0.338. The minimum Gasteiger partial charge on any atom is -0.480 e. The van der Waals surface area contributed by atoms with Crippen molar-refractivity contribution in [3.63, 3.8) is 0 Å². The first-order valence-corrected chi connectivity index (χ1v) is 6.61. The summed E-state index contributed by atoms with van der Waals surface area (Å²) >= 11 is 9.09. The molecular formula is C12H13BrClNO3. The van der Waals surface area contributed by atoms with Crippen LogP contribution in [0.5, 0.6) is 0 Å². The molecule has 1 atom stereocenters. The summed E-state index contributed by atoms with van der Waals surface area (Å²) in [5, 5.41) is 11.8. The van der Waals surface area contributed by atoms with Crippen molar-refractivity contribution in [2.75, 3.05) is 0 Å². The lowest BCUT2D eigenvalue weighted by Gasteiger charge is -2.13. The van der Waals surface area contributed by atoms with E-state index in [4.69, 9.17) is 16.7 Å². The fraction of sp³-hybridized carbons (Fsp3) is 0.333. The van der Waals surface area contributed by atoms with Crippen LogP contribution in [0.4, 0.5) is 0 Å². The standard InChI is InChI=1S/C12H13BrClNO3/c1-2-3-10(12(17)18)15-11(16)7-4-5-8(13)9(14)6-7/h4-6,10H,2-3H2,1H3,(H,15,16)(H,17,18)/t10-/m1/s1. The summed E-state index contributed by atoms with van der Waals surface area (Å²) in [6, 6.07) is 3.85. The van der Waals surface area contributed by atoms with Gasteiger partial charge in [-0.05, 0) is 40.5 Å². The quantitative estimate of drug-likeness (QED) is 0.869. The molecule has 0 fully saturated rings. The number of hydrogen-bond donors (Lipinski definition) is 2. The van der Waals surface area contributed by atoms with Crippen molar-refractivity contribution in [3.05, 3.63) is 33.3 Å². The zero-order valence-corrected chi connectivity index (χ0v) is 12.1. The van der Waals surface area contributed by atoms with E-state index in [-0.39, 0.29) is 0 Å². The number of carbonyl (C=O) groups excluding carboxylic acids is 1. The van der Waals surface area contributed by atoms with Crippen molar-refractivity contribution in [1.82, 2.24) is 5.32 Å². The average Bonchev–Trinajstić information content (AvgIpc) is 2.31. The second-order valence-electron chi connectivity index (χ2n) is 3.78. The Labute approximate surface area is 118 Å². The Kier molecular flexibility index (Phi) is 5.62. The molecule has 0 aliphatic heterocycles. The molecule has 0 aromatic heterocycles. The van der Waals surface area contributed by atoms with Gasteiger partial charge in [-0.15, -0.1) is 0 Å². The molecule has 0 radical (unpaired) electrons. The van der Waals surface area contributed by atoms with Crippen molar-refractivity contribution in [2.24, 2.45) is 0 Å². The molecule has 0 aliphatic rings. The van der Waals surface area contributed by atoms with Gasteiger partial charge in [-0.3, -0.25) is 4.79 Å². The number of carbonyl (C=O) groups is 2. The number of nitrogens with one attached hydrogen (secondary N) is 1. The van der Waals surface area contributed by atoms with Crippen molar-refractivity contribution in [1.29, 1.82) is 0 Å². The third kappa shape index (κ3) is 3.99. The van der Waals surface area contributed by atoms with Gasteiger partial charge in [0.2, 0.25) is 0 Å². The van der Waals surface area contributed by atoms with Crippen LogP contribution in [0.15, 0.2) is 22.7 Å². The SMILES string of the molecule is CCC[C@@H](NC(=O)c1ccc(Br)c(Cl)c1)C(=O)O. The van der Waals surface area contributed by atoms with Crippen molar-refractivity contribution < 1.29 is 14.7 Å². The zero-order chi connectivity index (χ0) is 13.7. The molecule has 0 spiro atoms. The molecule has 2 N–H and O–H groups in total. The Balaban J connectivity index is 2.80. The molecule has 0 unspecified atom stereocenters. The van der Waals surface area contributed by atoms with Gasteiger partial charge in [-0.25, -0.2) is 4.79 Å². The van der Waals surface area contributed by atoms with E-state index in [2.05, 4.69) is 21.2 Å². The van der Waals surface area contributed by atoms with E-state index in [1.807, 2.05) is 6.92 Å². The number of rotatable bonds is 5. The first-order chi connectivity index (χ1) is 8.45. The van der Waals surface area contributed by atoms with Crippen LogP contribution in [0.2, 0.25) is 5.02 Å². The van der Waals surface area contributed by atoms with Crippen molar-refractivity contribution in [2.45, 2.75) is 25.8 Å². The summed E-state index contributed by atoms with van der Waals surface area (Å²) in [5.41, 5.74) is 0.338. The number of carboxylic acid groups (broad SMARTS) is 1. The highest BCUT2D eigenvalue weighted by Gasteiger charge is 2.19. The molecule has 1 aromatic rings. The van der Waals surface area contributed by atoms with Gasteiger partial charge in [0.25, 0.3) is 5.91 Å². The molecule has 18 heavy (non-hydrogen) atoms. The maximum Gasteiger partial charge on any atom is 0.326 e. The Hall–Kier alpha value is -1.07. The van der Waals surface area contributed by atoms with Gasteiger partial charge in [0, 0.05) is 10.0 Å². The number of aliphatic carboxylic acids is 1. The normalized spacial score (nSPS) is 11.9. The van der Waals surface area contributed by atoms with Gasteiger partial charge in [0.1, 0.15) is 6.04 Å². The topological polar surface area (TPSA) is 66.4 Å². The summed E-state index contributed by atoms with van der Waals surface area (Å²) in [4.78, 5) is 22.8. The number of halogens is 2. The maximum atomic E-state index is 11.8. The van der Waals surface area contributed by atoms with E-state index in [0.29, 0.717) is 27.9 Å². The Morgan fingerprint density at radius 1 is 1.50 bits per heavy atom. The lowest BCUT2D eigenvalue weighted by molar-refractivity contribution is -0.139. The van der Waals surface area contributed by atoms with Gasteiger partial charge >= 0.3 is 5.97 Å². The molecule has 98 valence electrons. The summed E-state index contributed by atoms with van der Waals surface area (Å²) in [6.45, 7) is 1.86. The maximum absolute atomic E-state index is 11.8. The second-order valence-corrected chi connectivity index (χ2v) is 5.04. The monoisotopic (exact) mass is 333 g/mol. The van der Waals surface area contributed by atoms with Crippen LogP contribution in [-0.4, -0.2) is 23.0 Å². The van der Waals surface area contributed by atoms with E-state index in [0.717, 1.165) is 0 Å². The summed E-state index contributed by atoms with van der Waals surface area (Å²) in [5.74, 6) is -1.47. The summed E-state index contributed by atoms with van der Waals surface area (Å²) < 4.78 is 0.684. The van der Waals surface area contributed by atoms with Crippen LogP contribution in [-0.2, 0) is 4.79 Å². The number of benzene rings is 1. The van der Waals surface area contributed by atoms with Crippen LogP contribution < -0.4 is 5.32 Å². The molecule has 1 amide bonds. The molecule has 0 saturated carbocycles. The van der Waals surface area contributed by atoms with Gasteiger partial charge in [0.05, 0.1) is 5.02 Å². The lowest BCUT2D eigenvalue weighted by Crippen LogP contribution is -2.40. The summed E-state index contributed by atoms with van der Waals surface area (Å²) in [6.07, 6.45) is 1.07. The van der Waals surface area contributed by atoms with Gasteiger partial charge < -0.3 is 10.4 Å². The fourth-order valence-corrected chi connectivity index (χ4v) is 1.85. The molecule has 0 saturated heterocycles. The Morgan fingerprint density at radius 3 is 2.67 bits per heavy atom. The van der Waals surface area contributed by atoms with Crippen LogP contribution in [0.25, 0.3) is 0 Å². The highest BCUT2D eigenvalue weighted by Crippen LogP contribution is 2.23. The highest BCUT2D eigenvalue weighted by atomic mass is 79.9. The Morgan fingerprint density at radius 2 is 2.17 bits per heavy atom. The van der Waals surface area contributed by atoms with E-state index < -0.39 is 17.9 Å². The molecule has 1 rings (SSSR count). The van der Waals surface area contributed by atoms with Crippen LogP contribution >= 0.6 is 27.5 Å². The molecule has 0 heterocycles. The predicted octanol–water partition coefficient (Wildman–Crippen LogP) is 3.09. The molecule has 0 bridgehead atoms. The van der Waals surface area contributed by atoms with E-state index >= 15 is 0 Å². The van der Waals surface area contributed by atoms with Gasteiger partial charge in [-0.2, -0.15) is 0 Å². The van der Waals surface area contributed by atoms with Crippen LogP contribution in [0, 0.1) is 0 Å². The summed E-state index contributed by atoms with van der Waals surface area (Å²) in [7, 11) is 0. The van der Waals surface area contributed by atoms with E-state index in [1.165, 1.54) is 6.07 Å². The molecule has 4 nitrogen and oxygen atoms in total. The molecular weight excluding hydrogens is 321 g/mol. The van der Waals surface area contributed by atoms with Crippen LogP contribution in [0.1, 0.15) is 30.1 Å². The molecule has 0 aliphatic carbocycles. The molecule has 6 heteroatoms. The highest BCUT2D eigenvalue weighted by molar-refractivity contribution is 9.10. The first kappa shape index (κ1) is 15.0.